The second-order valence-electron chi connectivity index (χ2n) is 10.9. The molecule has 5 rings (SSSR count). The molecule has 3 aromatic rings. The van der Waals surface area contributed by atoms with Gasteiger partial charge in [-0.15, -0.1) is 0 Å². The van der Waals surface area contributed by atoms with Gasteiger partial charge >= 0.3 is 0 Å². The van der Waals surface area contributed by atoms with E-state index in [1.54, 1.807) is 18.2 Å². The molecule has 1 unspecified atom stereocenters. The van der Waals surface area contributed by atoms with Crippen molar-refractivity contribution in [3.63, 3.8) is 0 Å². The summed E-state index contributed by atoms with van der Waals surface area (Å²) in [4.78, 5) is 30.9. The lowest BCUT2D eigenvalue weighted by Gasteiger charge is -2.29. The number of hydrogen-bond donors (Lipinski definition) is 1. The van der Waals surface area contributed by atoms with Crippen molar-refractivity contribution in [2.75, 3.05) is 38.0 Å². The van der Waals surface area contributed by atoms with Crippen LogP contribution in [0.1, 0.15) is 52.0 Å². The van der Waals surface area contributed by atoms with E-state index in [1.165, 1.54) is 31.2 Å². The van der Waals surface area contributed by atoms with Crippen molar-refractivity contribution < 1.29 is 18.7 Å². The number of hydrogen-bond acceptors (Lipinski definition) is 4. The lowest BCUT2D eigenvalue weighted by Crippen LogP contribution is -2.34. The zero-order chi connectivity index (χ0) is 27.7. The summed E-state index contributed by atoms with van der Waals surface area (Å²) >= 11 is 6.10. The number of benzene rings is 3. The van der Waals surface area contributed by atoms with E-state index in [0.29, 0.717) is 29.6 Å². The van der Waals surface area contributed by atoms with Gasteiger partial charge < -0.3 is 19.9 Å². The number of anilines is 2. The van der Waals surface area contributed by atoms with Crippen LogP contribution in [0.5, 0.6) is 5.75 Å². The topological polar surface area (TPSA) is 61.9 Å². The number of carbonyl (C=O) groups is 2. The van der Waals surface area contributed by atoms with Crippen molar-refractivity contribution in [2.24, 2.45) is 5.41 Å². The molecular formula is C31H33ClFN3O3. The fourth-order valence-electron chi connectivity index (χ4n) is 6.05. The highest BCUT2D eigenvalue weighted by Crippen LogP contribution is 2.48. The number of amides is 2. The van der Waals surface area contributed by atoms with Crippen LogP contribution in [0.4, 0.5) is 15.8 Å². The fraction of sp³-hybridized carbons (Fsp3) is 0.355. The van der Waals surface area contributed by atoms with E-state index >= 15 is 0 Å². The molecular weight excluding hydrogens is 517 g/mol. The molecule has 0 radical (unpaired) electrons. The van der Waals surface area contributed by atoms with E-state index in [1.807, 2.05) is 23.1 Å². The molecule has 0 bridgehead atoms. The molecule has 39 heavy (non-hydrogen) atoms. The molecule has 1 fully saturated rings. The molecule has 2 atom stereocenters. The van der Waals surface area contributed by atoms with Crippen LogP contribution in [0.25, 0.3) is 0 Å². The maximum Gasteiger partial charge on any atom is 0.258 e. The molecule has 204 valence electrons. The highest BCUT2D eigenvalue weighted by atomic mass is 35.5. The average molecular weight is 550 g/mol. The Labute approximate surface area is 233 Å². The van der Waals surface area contributed by atoms with E-state index in [-0.39, 0.29) is 21.9 Å². The third-order valence-electron chi connectivity index (χ3n) is 8.24. The summed E-state index contributed by atoms with van der Waals surface area (Å²) in [6.07, 6.45) is 5.37. The molecule has 2 aliphatic rings. The van der Waals surface area contributed by atoms with Gasteiger partial charge in [0.1, 0.15) is 11.6 Å². The first kappa shape index (κ1) is 27.2. The van der Waals surface area contributed by atoms with Crippen LogP contribution in [-0.4, -0.2) is 50.5 Å². The number of fused-ring (bicyclic) bond motifs is 1. The van der Waals surface area contributed by atoms with E-state index < -0.39 is 11.7 Å². The molecule has 0 saturated heterocycles. The van der Waals surface area contributed by atoms with Crippen molar-refractivity contribution in [3.8, 4) is 5.75 Å². The lowest BCUT2D eigenvalue weighted by molar-refractivity contribution is 0.0982. The normalized spacial score (nSPS) is 20.6. The van der Waals surface area contributed by atoms with Crippen molar-refractivity contribution in [1.29, 1.82) is 0 Å². The second-order valence-corrected chi connectivity index (χ2v) is 11.3. The fourth-order valence-corrected chi connectivity index (χ4v) is 6.25. The van der Waals surface area contributed by atoms with Crippen molar-refractivity contribution >= 4 is 34.8 Å². The molecule has 2 amide bonds. The Morgan fingerprint density at radius 1 is 1.10 bits per heavy atom. The largest absolute Gasteiger partial charge is 0.495 e. The zero-order valence-electron chi connectivity index (χ0n) is 22.5. The highest BCUT2D eigenvalue weighted by molar-refractivity contribution is 6.34. The van der Waals surface area contributed by atoms with Gasteiger partial charge in [0.25, 0.3) is 11.8 Å². The molecule has 6 nitrogen and oxygen atoms in total. The Bertz CT molecular complexity index is 1410. The number of para-hydroxylation sites is 1. The Hall–Kier alpha value is -3.42. The van der Waals surface area contributed by atoms with Gasteiger partial charge in [-0.2, -0.15) is 0 Å². The number of methoxy groups -OCH3 is 1. The Balaban J connectivity index is 1.40. The van der Waals surface area contributed by atoms with Gasteiger partial charge in [-0.1, -0.05) is 29.8 Å². The third-order valence-corrected chi connectivity index (χ3v) is 8.56. The van der Waals surface area contributed by atoms with Crippen LogP contribution in [0.2, 0.25) is 5.02 Å². The molecule has 1 aliphatic heterocycles. The summed E-state index contributed by atoms with van der Waals surface area (Å²) in [5.74, 6) is -0.931. The van der Waals surface area contributed by atoms with Gasteiger partial charge in [0, 0.05) is 23.8 Å². The third kappa shape index (κ3) is 5.52. The lowest BCUT2D eigenvalue weighted by atomic mass is 9.77. The molecule has 8 heteroatoms. The second kappa shape index (κ2) is 11.0. The Morgan fingerprint density at radius 2 is 1.90 bits per heavy atom. The molecule has 1 saturated carbocycles. The summed E-state index contributed by atoms with van der Waals surface area (Å²) in [5, 5.41) is 2.85. The monoisotopic (exact) mass is 549 g/mol. The molecule has 0 aromatic heterocycles. The first-order valence-corrected chi connectivity index (χ1v) is 13.6. The van der Waals surface area contributed by atoms with Gasteiger partial charge in [-0.3, -0.25) is 9.59 Å². The molecule has 3 aromatic carbocycles. The van der Waals surface area contributed by atoms with Gasteiger partial charge in [0.05, 0.1) is 23.4 Å². The number of halogens is 2. The first-order chi connectivity index (χ1) is 18.7. The van der Waals surface area contributed by atoms with Gasteiger partial charge in [0.15, 0.2) is 0 Å². The van der Waals surface area contributed by atoms with E-state index in [4.69, 9.17) is 16.3 Å². The zero-order valence-corrected chi connectivity index (χ0v) is 23.2. The van der Waals surface area contributed by atoms with E-state index in [9.17, 15) is 14.0 Å². The summed E-state index contributed by atoms with van der Waals surface area (Å²) in [7, 11) is 5.77. The molecule has 1 aliphatic carbocycles. The smallest absolute Gasteiger partial charge is 0.258 e. The van der Waals surface area contributed by atoms with Crippen LogP contribution >= 0.6 is 11.6 Å². The van der Waals surface area contributed by atoms with Gasteiger partial charge in [-0.25, -0.2) is 4.39 Å². The van der Waals surface area contributed by atoms with E-state index in [0.717, 1.165) is 37.4 Å². The molecule has 1 heterocycles. The number of nitrogens with one attached hydrogen (secondary N) is 1. The van der Waals surface area contributed by atoms with Gasteiger partial charge in [0.2, 0.25) is 0 Å². The first-order valence-electron chi connectivity index (χ1n) is 13.2. The maximum atomic E-state index is 13.9. The summed E-state index contributed by atoms with van der Waals surface area (Å²) in [5.41, 5.74) is 3.16. The van der Waals surface area contributed by atoms with Crippen LogP contribution in [-0.2, 0) is 6.42 Å². The van der Waals surface area contributed by atoms with Crippen LogP contribution < -0.4 is 15.0 Å². The number of carbonyl (C=O) groups excluding carboxylic acids is 2. The minimum Gasteiger partial charge on any atom is -0.495 e. The van der Waals surface area contributed by atoms with Crippen LogP contribution in [0.3, 0.4) is 0 Å². The number of rotatable bonds is 5. The summed E-state index contributed by atoms with van der Waals surface area (Å²) in [6, 6.07) is 17.3. The SMILES string of the molecule is COc1cc(C(=O)N2CC[C@@]3(CCC(N(C)C)C3)Cc3ccccc32)ccc1NC(=O)c1cc(F)ccc1Cl. The van der Waals surface area contributed by atoms with E-state index in [2.05, 4.69) is 30.4 Å². The minimum absolute atomic E-state index is 0.0115. The number of ether oxygens (including phenoxy) is 1. The summed E-state index contributed by atoms with van der Waals surface area (Å²) in [6.45, 7) is 0.634. The van der Waals surface area contributed by atoms with Crippen molar-refractivity contribution in [1.82, 2.24) is 4.90 Å². The maximum absolute atomic E-state index is 13.9. The quantitative estimate of drug-likeness (QED) is 0.398. The van der Waals surface area contributed by atoms with Crippen LogP contribution in [0.15, 0.2) is 60.7 Å². The molecule has 1 N–H and O–H groups in total. The Kier molecular flexibility index (Phi) is 7.65. The minimum atomic E-state index is -0.573. The Morgan fingerprint density at radius 3 is 2.64 bits per heavy atom. The summed E-state index contributed by atoms with van der Waals surface area (Å²) < 4.78 is 19.2. The predicted octanol–water partition coefficient (Wildman–Crippen LogP) is 6.43. The van der Waals surface area contributed by atoms with Crippen LogP contribution in [0, 0.1) is 11.2 Å². The van der Waals surface area contributed by atoms with Crippen molar-refractivity contribution in [2.45, 2.75) is 38.1 Å². The van der Waals surface area contributed by atoms with Gasteiger partial charge in [-0.05, 0) is 99.6 Å². The van der Waals surface area contributed by atoms with Crippen molar-refractivity contribution in [3.05, 3.63) is 88.2 Å². The highest BCUT2D eigenvalue weighted by Gasteiger charge is 2.42. The predicted molar refractivity (Wildman–Crippen MR) is 153 cm³/mol. The standard InChI is InChI=1S/C31H33ClFN3O3/c1-35(2)23-12-13-31(19-23)14-15-36(27-7-5-4-6-21(27)18-31)30(38)20-8-11-26(28(16-20)39-3)34-29(37)24-17-22(33)9-10-25(24)32/h4-11,16-17,23H,12-15,18-19H2,1-3H3,(H,34,37)/t23?,31-/m0/s1. The number of nitrogens with zero attached hydrogens (tertiary/aromatic N) is 2. The molecule has 1 spiro atoms. The average Bonchev–Trinajstić information content (AvgIpc) is 3.27.